The maximum Gasteiger partial charge on any atom is 0.0721 e. The van der Waals surface area contributed by atoms with E-state index < -0.39 is 0 Å². The molecule has 2 heteroatoms. The minimum atomic E-state index is 0.365. The third-order valence-corrected chi connectivity index (χ3v) is 2.97. The molecule has 0 fully saturated rings. The lowest BCUT2D eigenvalue weighted by molar-refractivity contribution is 0.0579. The van der Waals surface area contributed by atoms with Crippen LogP contribution in [0.2, 0.25) is 0 Å². The number of nitrogens with one attached hydrogen (secondary N) is 1. The first-order valence-electron chi connectivity index (χ1n) is 5.95. The highest BCUT2D eigenvalue weighted by atomic mass is 16.5. The van der Waals surface area contributed by atoms with Crippen molar-refractivity contribution >= 4 is 0 Å². The zero-order valence-corrected chi connectivity index (χ0v) is 10.5. The number of likely N-dealkylation sites (N-methyl/N-ethyl adjacent to an activating group) is 1. The van der Waals surface area contributed by atoms with Crippen molar-refractivity contribution in [1.82, 2.24) is 5.32 Å². The van der Waals surface area contributed by atoms with Gasteiger partial charge in [0.2, 0.25) is 0 Å². The van der Waals surface area contributed by atoms with Crippen LogP contribution in [-0.4, -0.2) is 25.8 Å². The average molecular weight is 201 g/mol. The van der Waals surface area contributed by atoms with Crippen LogP contribution in [0.25, 0.3) is 0 Å². The Bertz CT molecular complexity index is 123. The largest absolute Gasteiger partial charge is 0.380 e. The van der Waals surface area contributed by atoms with E-state index in [4.69, 9.17) is 4.74 Å². The lowest BCUT2D eigenvalue weighted by atomic mass is 9.94. The van der Waals surface area contributed by atoms with Gasteiger partial charge >= 0.3 is 0 Å². The van der Waals surface area contributed by atoms with E-state index >= 15 is 0 Å². The van der Waals surface area contributed by atoms with E-state index in [1.165, 1.54) is 12.8 Å². The Morgan fingerprint density at radius 1 is 1.14 bits per heavy atom. The van der Waals surface area contributed by atoms with Crippen LogP contribution in [0.3, 0.4) is 0 Å². The Labute approximate surface area is 89.4 Å². The molecule has 3 unspecified atom stereocenters. The second-order valence-corrected chi connectivity index (χ2v) is 4.10. The minimum Gasteiger partial charge on any atom is -0.380 e. The number of methoxy groups -OCH3 is 1. The Hall–Kier alpha value is -0.0800. The molecule has 0 aliphatic carbocycles. The molecule has 3 atom stereocenters. The van der Waals surface area contributed by atoms with E-state index in [0.29, 0.717) is 12.1 Å². The highest BCUT2D eigenvalue weighted by molar-refractivity contribution is 4.77. The molecular weight excluding hydrogens is 174 g/mol. The summed E-state index contributed by atoms with van der Waals surface area (Å²) < 4.78 is 5.50. The van der Waals surface area contributed by atoms with E-state index in [-0.39, 0.29) is 0 Å². The van der Waals surface area contributed by atoms with Crippen LogP contribution in [0, 0.1) is 5.92 Å². The summed E-state index contributed by atoms with van der Waals surface area (Å²) in [7, 11) is 1.81. The molecule has 86 valence electrons. The molecule has 0 heterocycles. The molecule has 1 N–H and O–H groups in total. The number of hydrogen-bond donors (Lipinski definition) is 1. The van der Waals surface area contributed by atoms with E-state index in [1.807, 2.05) is 7.11 Å². The fraction of sp³-hybridized carbons (Fsp3) is 1.00. The summed E-state index contributed by atoms with van der Waals surface area (Å²) in [6, 6.07) is 0.518. The molecule has 0 saturated carbocycles. The van der Waals surface area contributed by atoms with Crippen LogP contribution < -0.4 is 5.32 Å². The molecular formula is C12H27NO. The van der Waals surface area contributed by atoms with Gasteiger partial charge in [-0.1, -0.05) is 34.1 Å². The Balaban J connectivity index is 4.10. The van der Waals surface area contributed by atoms with Gasteiger partial charge in [-0.25, -0.2) is 0 Å². The molecule has 0 aromatic carbocycles. The predicted molar refractivity (Wildman–Crippen MR) is 62.6 cm³/mol. The monoisotopic (exact) mass is 201 g/mol. The smallest absolute Gasteiger partial charge is 0.0721 e. The summed E-state index contributed by atoms with van der Waals surface area (Å²) in [6.07, 6.45) is 3.92. The summed E-state index contributed by atoms with van der Waals surface area (Å²) in [5.74, 6) is 0.781. The number of rotatable bonds is 8. The van der Waals surface area contributed by atoms with Gasteiger partial charge in [-0.2, -0.15) is 0 Å². The van der Waals surface area contributed by atoms with E-state index in [0.717, 1.165) is 18.9 Å². The quantitative estimate of drug-likeness (QED) is 0.652. The third-order valence-electron chi connectivity index (χ3n) is 2.97. The summed E-state index contributed by atoms with van der Waals surface area (Å²) >= 11 is 0. The average Bonchev–Trinajstić information content (AvgIpc) is 2.19. The zero-order chi connectivity index (χ0) is 11.0. The van der Waals surface area contributed by atoms with Gasteiger partial charge < -0.3 is 10.1 Å². The normalized spacial score (nSPS) is 17.8. The summed E-state index contributed by atoms with van der Waals surface area (Å²) in [4.78, 5) is 0. The van der Waals surface area contributed by atoms with Gasteiger partial charge in [0.05, 0.1) is 6.10 Å². The maximum atomic E-state index is 5.50. The topological polar surface area (TPSA) is 21.3 Å². The van der Waals surface area contributed by atoms with Crippen molar-refractivity contribution in [3.05, 3.63) is 0 Å². The molecule has 2 nitrogen and oxygen atoms in total. The van der Waals surface area contributed by atoms with Crippen molar-refractivity contribution < 1.29 is 4.74 Å². The van der Waals surface area contributed by atoms with Crippen LogP contribution in [0.15, 0.2) is 0 Å². The molecule has 0 spiro atoms. The van der Waals surface area contributed by atoms with Gasteiger partial charge in [-0.15, -0.1) is 0 Å². The van der Waals surface area contributed by atoms with Gasteiger partial charge in [-0.05, 0) is 25.3 Å². The van der Waals surface area contributed by atoms with Crippen LogP contribution in [0.1, 0.15) is 47.0 Å². The van der Waals surface area contributed by atoms with E-state index in [2.05, 4.69) is 33.0 Å². The summed E-state index contributed by atoms with van der Waals surface area (Å²) in [5.41, 5.74) is 0. The maximum absolute atomic E-state index is 5.50. The van der Waals surface area contributed by atoms with E-state index in [9.17, 15) is 0 Å². The molecule has 0 aliphatic heterocycles. The Morgan fingerprint density at radius 2 is 1.79 bits per heavy atom. The second kappa shape index (κ2) is 8.25. The van der Waals surface area contributed by atoms with Crippen LogP contribution in [0.5, 0.6) is 0 Å². The van der Waals surface area contributed by atoms with Crippen molar-refractivity contribution in [2.75, 3.05) is 13.7 Å². The summed E-state index contributed by atoms with van der Waals surface area (Å²) in [5, 5.41) is 3.52. The molecule has 0 aromatic heterocycles. The third kappa shape index (κ3) is 4.97. The number of hydrogen-bond acceptors (Lipinski definition) is 2. The molecule has 0 aromatic rings. The molecule has 0 bridgehead atoms. The van der Waals surface area contributed by atoms with Crippen molar-refractivity contribution in [2.45, 2.75) is 59.1 Å². The lowest BCUT2D eigenvalue weighted by Crippen LogP contribution is -2.41. The lowest BCUT2D eigenvalue weighted by Gasteiger charge is -2.28. The minimum absolute atomic E-state index is 0.365. The molecule has 14 heavy (non-hydrogen) atoms. The zero-order valence-electron chi connectivity index (χ0n) is 10.5. The fourth-order valence-electron chi connectivity index (χ4n) is 1.84. The molecule has 0 amide bonds. The highest BCUT2D eigenvalue weighted by Gasteiger charge is 2.20. The Kier molecular flexibility index (Phi) is 8.20. The summed E-state index contributed by atoms with van der Waals surface area (Å²) in [6.45, 7) is 9.94. The highest BCUT2D eigenvalue weighted by Crippen LogP contribution is 2.15. The number of ether oxygens (including phenoxy) is 1. The fourth-order valence-corrected chi connectivity index (χ4v) is 1.84. The SMILES string of the molecule is CCNC(CC(C)CC)C(CC)OC. The van der Waals surface area contributed by atoms with Crippen LogP contribution in [-0.2, 0) is 4.74 Å². The molecule has 0 radical (unpaired) electrons. The standard InChI is InChI=1S/C12H27NO/c1-6-10(4)9-11(13-8-3)12(7-2)14-5/h10-13H,6-9H2,1-5H3. The first-order chi connectivity index (χ1) is 6.69. The first-order valence-corrected chi connectivity index (χ1v) is 5.95. The molecule has 0 aliphatic rings. The Morgan fingerprint density at radius 3 is 2.14 bits per heavy atom. The van der Waals surface area contributed by atoms with Gasteiger partial charge in [0.25, 0.3) is 0 Å². The van der Waals surface area contributed by atoms with Crippen molar-refractivity contribution in [2.24, 2.45) is 5.92 Å². The predicted octanol–water partition coefficient (Wildman–Crippen LogP) is 2.83. The van der Waals surface area contributed by atoms with Gasteiger partial charge in [0.1, 0.15) is 0 Å². The van der Waals surface area contributed by atoms with Gasteiger partial charge in [-0.3, -0.25) is 0 Å². The van der Waals surface area contributed by atoms with E-state index in [1.54, 1.807) is 0 Å². The van der Waals surface area contributed by atoms with Crippen molar-refractivity contribution in [3.63, 3.8) is 0 Å². The molecule has 0 rings (SSSR count). The molecule has 0 saturated heterocycles. The van der Waals surface area contributed by atoms with Crippen LogP contribution in [0.4, 0.5) is 0 Å². The van der Waals surface area contributed by atoms with Crippen molar-refractivity contribution in [3.8, 4) is 0 Å². The first kappa shape index (κ1) is 13.9. The second-order valence-electron chi connectivity index (χ2n) is 4.10. The van der Waals surface area contributed by atoms with Crippen LogP contribution >= 0.6 is 0 Å². The van der Waals surface area contributed by atoms with Gasteiger partial charge in [0.15, 0.2) is 0 Å². The van der Waals surface area contributed by atoms with Gasteiger partial charge in [0, 0.05) is 13.2 Å². The van der Waals surface area contributed by atoms with Crippen molar-refractivity contribution in [1.29, 1.82) is 0 Å².